The van der Waals surface area contributed by atoms with E-state index in [4.69, 9.17) is 0 Å². The van der Waals surface area contributed by atoms with Gasteiger partial charge in [0.25, 0.3) is 0 Å². The lowest BCUT2D eigenvalue weighted by Crippen LogP contribution is -2.41. The number of carbonyl (C=O) groups excluding carboxylic acids is 1. The number of imidazole rings is 1. The summed E-state index contributed by atoms with van der Waals surface area (Å²) in [5.74, 6) is 1.17. The van der Waals surface area contributed by atoms with Crippen LogP contribution in [0.2, 0.25) is 0 Å². The van der Waals surface area contributed by atoms with Crippen molar-refractivity contribution in [2.75, 3.05) is 0 Å². The minimum Gasteiger partial charge on any atom is -0.351 e. The number of rotatable bonds is 3. The predicted molar refractivity (Wildman–Crippen MR) is 97.4 cm³/mol. The highest BCUT2D eigenvalue weighted by Gasteiger charge is 2.21. The van der Waals surface area contributed by atoms with Gasteiger partial charge in [-0.15, -0.1) is 0 Å². The van der Waals surface area contributed by atoms with Gasteiger partial charge in [-0.1, -0.05) is 18.2 Å². The van der Waals surface area contributed by atoms with E-state index in [2.05, 4.69) is 32.8 Å². The van der Waals surface area contributed by atoms with Crippen LogP contribution in [-0.2, 0) is 24.2 Å². The number of amides is 1. The van der Waals surface area contributed by atoms with E-state index < -0.39 is 0 Å². The van der Waals surface area contributed by atoms with Crippen molar-refractivity contribution in [3.8, 4) is 0 Å². The summed E-state index contributed by atoms with van der Waals surface area (Å²) in [6.45, 7) is 4.87. The standard InChI is InChI=1S/C20H22N4O/c1-13-16-5-3-4-6-18(16)22-14(2)17(13)11-20(25)23-15-7-8-19-21-9-10-24(19)12-15/h3-6,9-10,15H,7-8,11-12H2,1-2H3,(H,23,25)/t15-/m1/s1. The van der Waals surface area contributed by atoms with Gasteiger partial charge >= 0.3 is 0 Å². The molecule has 0 bridgehead atoms. The fourth-order valence-electron chi connectivity index (χ4n) is 3.75. The van der Waals surface area contributed by atoms with Gasteiger partial charge in [0, 0.05) is 42.5 Å². The van der Waals surface area contributed by atoms with Gasteiger partial charge in [-0.05, 0) is 37.5 Å². The molecule has 2 aromatic heterocycles. The first-order valence-corrected chi connectivity index (χ1v) is 8.76. The number of hydrogen-bond donors (Lipinski definition) is 1. The highest BCUT2D eigenvalue weighted by Crippen LogP contribution is 2.23. The summed E-state index contributed by atoms with van der Waals surface area (Å²) in [4.78, 5) is 21.6. The van der Waals surface area contributed by atoms with E-state index in [0.29, 0.717) is 6.42 Å². The number of nitrogens with one attached hydrogen (secondary N) is 1. The molecule has 5 heteroatoms. The number of aromatic nitrogens is 3. The normalized spacial score (nSPS) is 16.6. The molecule has 1 aliphatic heterocycles. The van der Waals surface area contributed by atoms with Crippen LogP contribution < -0.4 is 5.32 Å². The predicted octanol–water partition coefficient (Wildman–Crippen LogP) is 2.72. The van der Waals surface area contributed by atoms with Crippen molar-refractivity contribution < 1.29 is 4.79 Å². The van der Waals surface area contributed by atoms with E-state index in [1.807, 2.05) is 37.5 Å². The molecule has 1 aliphatic rings. The minimum absolute atomic E-state index is 0.0665. The number of nitrogens with zero attached hydrogens (tertiary/aromatic N) is 3. The second-order valence-corrected chi connectivity index (χ2v) is 6.79. The van der Waals surface area contributed by atoms with Gasteiger partial charge in [-0.25, -0.2) is 4.98 Å². The molecule has 5 nitrogen and oxygen atoms in total. The van der Waals surface area contributed by atoms with Crippen molar-refractivity contribution in [1.29, 1.82) is 0 Å². The van der Waals surface area contributed by atoms with Crippen LogP contribution in [0.4, 0.5) is 0 Å². The highest BCUT2D eigenvalue weighted by molar-refractivity contribution is 5.86. The number of pyridine rings is 1. The van der Waals surface area contributed by atoms with Gasteiger partial charge in [0.15, 0.2) is 0 Å². The number of fused-ring (bicyclic) bond motifs is 2. The van der Waals surface area contributed by atoms with Crippen molar-refractivity contribution >= 4 is 16.8 Å². The second-order valence-electron chi connectivity index (χ2n) is 6.79. The lowest BCUT2D eigenvalue weighted by atomic mass is 9.99. The Hall–Kier alpha value is -2.69. The van der Waals surface area contributed by atoms with Gasteiger partial charge in [-0.3, -0.25) is 9.78 Å². The molecule has 3 heterocycles. The molecule has 0 fully saturated rings. The Kier molecular flexibility index (Phi) is 3.99. The van der Waals surface area contributed by atoms with E-state index in [0.717, 1.165) is 52.9 Å². The minimum atomic E-state index is 0.0665. The second kappa shape index (κ2) is 6.31. The zero-order valence-electron chi connectivity index (χ0n) is 14.6. The Balaban J connectivity index is 1.51. The first-order valence-electron chi connectivity index (χ1n) is 8.76. The maximum Gasteiger partial charge on any atom is 0.224 e. The third kappa shape index (κ3) is 3.02. The van der Waals surface area contributed by atoms with Crippen molar-refractivity contribution in [2.24, 2.45) is 0 Å². The lowest BCUT2D eigenvalue weighted by molar-refractivity contribution is -0.121. The van der Waals surface area contributed by atoms with Gasteiger partial charge < -0.3 is 9.88 Å². The monoisotopic (exact) mass is 334 g/mol. The van der Waals surface area contributed by atoms with Crippen molar-refractivity contribution in [1.82, 2.24) is 19.9 Å². The molecule has 1 amide bonds. The van der Waals surface area contributed by atoms with Crippen LogP contribution in [0.5, 0.6) is 0 Å². The highest BCUT2D eigenvalue weighted by atomic mass is 16.1. The van der Waals surface area contributed by atoms with Crippen LogP contribution in [-0.4, -0.2) is 26.5 Å². The van der Waals surface area contributed by atoms with Gasteiger partial charge in [0.1, 0.15) is 5.82 Å². The number of benzene rings is 1. The smallest absolute Gasteiger partial charge is 0.224 e. The molecule has 25 heavy (non-hydrogen) atoms. The van der Waals surface area contributed by atoms with Crippen LogP contribution in [0, 0.1) is 13.8 Å². The summed E-state index contributed by atoms with van der Waals surface area (Å²) < 4.78 is 2.13. The van der Waals surface area contributed by atoms with E-state index in [-0.39, 0.29) is 11.9 Å². The summed E-state index contributed by atoms with van der Waals surface area (Å²) >= 11 is 0. The van der Waals surface area contributed by atoms with E-state index in [1.165, 1.54) is 0 Å². The molecule has 0 unspecified atom stereocenters. The number of aryl methyl sites for hydroxylation is 3. The summed E-state index contributed by atoms with van der Waals surface area (Å²) in [5, 5.41) is 4.31. The fourth-order valence-corrected chi connectivity index (χ4v) is 3.75. The molecule has 1 N–H and O–H groups in total. The Morgan fingerprint density at radius 2 is 2.16 bits per heavy atom. The van der Waals surface area contributed by atoms with E-state index in [1.54, 1.807) is 0 Å². The summed E-state index contributed by atoms with van der Waals surface area (Å²) in [7, 11) is 0. The average molecular weight is 334 g/mol. The lowest BCUT2D eigenvalue weighted by Gasteiger charge is -2.25. The van der Waals surface area contributed by atoms with Gasteiger partial charge in [-0.2, -0.15) is 0 Å². The molecule has 1 atom stereocenters. The van der Waals surface area contributed by atoms with E-state index in [9.17, 15) is 4.79 Å². The maximum absolute atomic E-state index is 12.6. The van der Waals surface area contributed by atoms with Gasteiger partial charge in [0.2, 0.25) is 5.91 Å². The Bertz CT molecular complexity index is 944. The molecule has 3 aromatic rings. The zero-order chi connectivity index (χ0) is 17.4. The summed E-state index contributed by atoms with van der Waals surface area (Å²) in [6.07, 6.45) is 6.04. The molecule has 0 spiro atoms. The molecule has 128 valence electrons. The summed E-state index contributed by atoms with van der Waals surface area (Å²) in [6, 6.07) is 8.27. The molecule has 0 saturated carbocycles. The molecule has 0 saturated heterocycles. The summed E-state index contributed by atoms with van der Waals surface area (Å²) in [5.41, 5.74) is 4.11. The number of para-hydroxylation sites is 1. The van der Waals surface area contributed by atoms with Gasteiger partial charge in [0.05, 0.1) is 11.9 Å². The number of hydrogen-bond acceptors (Lipinski definition) is 3. The Morgan fingerprint density at radius 3 is 3.04 bits per heavy atom. The largest absolute Gasteiger partial charge is 0.351 e. The first-order chi connectivity index (χ1) is 12.1. The Morgan fingerprint density at radius 1 is 1.32 bits per heavy atom. The first kappa shape index (κ1) is 15.8. The van der Waals surface area contributed by atoms with Crippen molar-refractivity contribution in [3.63, 3.8) is 0 Å². The van der Waals surface area contributed by atoms with Crippen LogP contribution in [0.3, 0.4) is 0 Å². The molecular formula is C20H22N4O. The molecule has 1 aromatic carbocycles. The third-order valence-electron chi connectivity index (χ3n) is 5.12. The quantitative estimate of drug-likeness (QED) is 0.801. The Labute approximate surface area is 147 Å². The van der Waals surface area contributed by atoms with Crippen LogP contribution >= 0.6 is 0 Å². The SMILES string of the molecule is Cc1nc2ccccc2c(C)c1CC(=O)N[C@@H]1CCc2nccn2C1. The van der Waals surface area contributed by atoms with Crippen LogP contribution in [0.1, 0.15) is 29.1 Å². The van der Waals surface area contributed by atoms with E-state index >= 15 is 0 Å². The molecule has 0 radical (unpaired) electrons. The third-order valence-corrected chi connectivity index (χ3v) is 5.12. The topological polar surface area (TPSA) is 59.8 Å². The van der Waals surface area contributed by atoms with Crippen molar-refractivity contribution in [2.45, 2.75) is 45.7 Å². The molecular weight excluding hydrogens is 312 g/mol. The average Bonchev–Trinajstić information content (AvgIpc) is 3.06. The zero-order valence-corrected chi connectivity index (χ0v) is 14.6. The fraction of sp³-hybridized carbons (Fsp3) is 0.350. The van der Waals surface area contributed by atoms with Crippen LogP contribution in [0.25, 0.3) is 10.9 Å². The van der Waals surface area contributed by atoms with Crippen molar-refractivity contribution in [3.05, 3.63) is 59.3 Å². The van der Waals surface area contributed by atoms with Crippen LogP contribution in [0.15, 0.2) is 36.7 Å². The number of carbonyl (C=O) groups is 1. The maximum atomic E-state index is 12.6. The molecule has 0 aliphatic carbocycles. The molecule has 4 rings (SSSR count).